The van der Waals surface area contributed by atoms with Crippen LogP contribution >= 0.6 is 0 Å². The van der Waals surface area contributed by atoms with Crippen LogP contribution < -0.4 is 0 Å². The number of fused-ring (bicyclic) bond motifs is 1. The van der Waals surface area contributed by atoms with E-state index in [0.717, 1.165) is 12.1 Å². The maximum Gasteiger partial charge on any atom is 0.295 e. The molecule has 9 heteroatoms. The standard InChI is InChI=1S/C10H8O6S2.Ag/c11-17(12,13)9-5-1-3-7-8(9)4-2-6-10(7)18(14,15)16;/h1-6H,(H,11,12,13)(H,14,15,16);. The van der Waals surface area contributed by atoms with E-state index in [2.05, 4.69) is 0 Å². The predicted octanol–water partition coefficient (Wildman–Crippen LogP) is 1.33. The smallest absolute Gasteiger partial charge is 0.282 e. The Hall–Kier alpha value is -0.740. The molecule has 0 atom stereocenters. The van der Waals surface area contributed by atoms with Crippen LogP contribution in [0.3, 0.4) is 0 Å². The molecule has 2 aromatic rings. The van der Waals surface area contributed by atoms with Gasteiger partial charge in [0.05, 0.1) is 0 Å². The summed E-state index contributed by atoms with van der Waals surface area (Å²) in [7, 11) is -8.94. The summed E-state index contributed by atoms with van der Waals surface area (Å²) < 4.78 is 62.7. The molecule has 6 nitrogen and oxygen atoms in total. The summed E-state index contributed by atoms with van der Waals surface area (Å²) in [6, 6.07) is 7.53. The van der Waals surface area contributed by atoms with E-state index in [1.807, 2.05) is 0 Å². The second kappa shape index (κ2) is 5.33. The third-order valence-electron chi connectivity index (χ3n) is 2.40. The van der Waals surface area contributed by atoms with Crippen molar-refractivity contribution in [3.63, 3.8) is 0 Å². The average molecular weight is 396 g/mol. The number of benzene rings is 2. The van der Waals surface area contributed by atoms with Crippen LogP contribution in [0.1, 0.15) is 0 Å². The van der Waals surface area contributed by atoms with Crippen molar-refractivity contribution < 1.29 is 48.3 Å². The molecule has 0 aliphatic carbocycles. The summed E-state index contributed by atoms with van der Waals surface area (Å²) in [4.78, 5) is -0.823. The molecule has 0 heterocycles. The summed E-state index contributed by atoms with van der Waals surface area (Å²) >= 11 is 0. The van der Waals surface area contributed by atoms with Gasteiger partial charge < -0.3 is 0 Å². The van der Waals surface area contributed by atoms with Gasteiger partial charge in [0.2, 0.25) is 0 Å². The van der Waals surface area contributed by atoms with Gasteiger partial charge in [0, 0.05) is 33.2 Å². The van der Waals surface area contributed by atoms with Crippen LogP contribution in [0, 0.1) is 0 Å². The van der Waals surface area contributed by atoms with Crippen LogP contribution in [0.15, 0.2) is 46.2 Å². The molecule has 0 bridgehead atoms. The molecule has 0 saturated carbocycles. The number of rotatable bonds is 2. The van der Waals surface area contributed by atoms with Crippen molar-refractivity contribution in [1.82, 2.24) is 0 Å². The Bertz CT molecular complexity index is 755. The van der Waals surface area contributed by atoms with E-state index < -0.39 is 30.0 Å². The molecule has 107 valence electrons. The Labute approximate surface area is 125 Å². The van der Waals surface area contributed by atoms with Gasteiger partial charge in [-0.05, 0) is 12.1 Å². The van der Waals surface area contributed by atoms with Crippen LogP contribution in [0.2, 0.25) is 0 Å². The van der Waals surface area contributed by atoms with Crippen molar-refractivity contribution in [3.8, 4) is 0 Å². The van der Waals surface area contributed by atoms with Crippen molar-refractivity contribution in [2.24, 2.45) is 0 Å². The molecule has 0 amide bonds. The fraction of sp³-hybridized carbons (Fsp3) is 0. The topological polar surface area (TPSA) is 109 Å². The van der Waals surface area contributed by atoms with E-state index in [9.17, 15) is 16.8 Å². The second-order valence-electron chi connectivity index (χ2n) is 3.56. The van der Waals surface area contributed by atoms with Crippen molar-refractivity contribution >= 4 is 31.0 Å². The fourth-order valence-corrected chi connectivity index (χ4v) is 3.12. The molecule has 2 rings (SSSR count). The molecular formula is C10H8AgO6S2. The van der Waals surface area contributed by atoms with Gasteiger partial charge >= 0.3 is 0 Å². The Morgan fingerprint density at radius 1 is 0.684 bits per heavy atom. The monoisotopic (exact) mass is 395 g/mol. The Morgan fingerprint density at radius 2 is 1.00 bits per heavy atom. The maximum atomic E-state index is 11.2. The van der Waals surface area contributed by atoms with Crippen molar-refractivity contribution in [3.05, 3.63) is 36.4 Å². The van der Waals surface area contributed by atoms with Gasteiger partial charge in [0.1, 0.15) is 9.79 Å². The summed E-state index contributed by atoms with van der Waals surface area (Å²) in [5, 5.41) is 0.0465. The quantitative estimate of drug-likeness (QED) is 0.586. The SMILES string of the molecule is O=S(=O)(O)c1cccc2c(S(=O)(=O)O)cccc12.[Ag]. The minimum atomic E-state index is -4.47. The van der Waals surface area contributed by atoms with Crippen LogP contribution in [0.25, 0.3) is 10.8 Å². The first-order valence-corrected chi connectivity index (χ1v) is 7.56. The molecule has 0 aliphatic heterocycles. The zero-order chi connectivity index (χ0) is 13.6. The summed E-state index contributed by atoms with van der Waals surface area (Å²) in [5.41, 5.74) is 0. The normalized spacial score (nSPS) is 12.1. The van der Waals surface area contributed by atoms with Gasteiger partial charge in [-0.25, -0.2) is 0 Å². The van der Waals surface area contributed by atoms with Crippen LogP contribution in [-0.2, 0) is 42.6 Å². The van der Waals surface area contributed by atoms with Gasteiger partial charge in [-0.3, -0.25) is 9.11 Å². The van der Waals surface area contributed by atoms with Crippen LogP contribution in [0.5, 0.6) is 0 Å². The first kappa shape index (κ1) is 16.3. The molecular weight excluding hydrogens is 388 g/mol. The van der Waals surface area contributed by atoms with Crippen LogP contribution in [-0.4, -0.2) is 25.9 Å². The molecule has 0 unspecified atom stereocenters. The van der Waals surface area contributed by atoms with Gasteiger partial charge in [-0.1, -0.05) is 24.3 Å². The van der Waals surface area contributed by atoms with E-state index in [1.54, 1.807) is 0 Å². The molecule has 19 heavy (non-hydrogen) atoms. The molecule has 1 radical (unpaired) electrons. The van der Waals surface area contributed by atoms with Crippen molar-refractivity contribution in [2.75, 3.05) is 0 Å². The third kappa shape index (κ3) is 3.23. The van der Waals surface area contributed by atoms with E-state index in [1.165, 1.54) is 24.3 Å². The minimum absolute atomic E-state index is 0. The van der Waals surface area contributed by atoms with Gasteiger partial charge in [-0.2, -0.15) is 16.8 Å². The fourth-order valence-electron chi connectivity index (χ4n) is 1.70. The van der Waals surface area contributed by atoms with Gasteiger partial charge in [-0.15, -0.1) is 0 Å². The molecule has 0 spiro atoms. The first-order chi connectivity index (χ1) is 8.21. The van der Waals surface area contributed by atoms with Crippen LogP contribution in [0.4, 0.5) is 0 Å². The van der Waals surface area contributed by atoms with Crippen molar-refractivity contribution in [2.45, 2.75) is 9.79 Å². The first-order valence-electron chi connectivity index (χ1n) is 4.68. The zero-order valence-corrected chi connectivity index (χ0v) is 12.2. The Morgan fingerprint density at radius 3 is 1.26 bits per heavy atom. The molecule has 2 N–H and O–H groups in total. The molecule has 0 saturated heterocycles. The van der Waals surface area contributed by atoms with E-state index in [4.69, 9.17) is 9.11 Å². The van der Waals surface area contributed by atoms with E-state index >= 15 is 0 Å². The summed E-state index contributed by atoms with van der Waals surface area (Å²) in [6.45, 7) is 0. The van der Waals surface area contributed by atoms with E-state index in [0.29, 0.717) is 0 Å². The average Bonchev–Trinajstić information content (AvgIpc) is 2.24. The predicted molar refractivity (Wildman–Crippen MR) is 63.6 cm³/mol. The summed E-state index contributed by atoms with van der Waals surface area (Å²) in [5.74, 6) is 0. The van der Waals surface area contributed by atoms with E-state index in [-0.39, 0.29) is 33.2 Å². The van der Waals surface area contributed by atoms with Crippen molar-refractivity contribution in [1.29, 1.82) is 0 Å². The second-order valence-corrected chi connectivity index (χ2v) is 6.34. The molecule has 2 aromatic carbocycles. The number of hydrogen-bond donors (Lipinski definition) is 2. The van der Waals surface area contributed by atoms with Gasteiger partial charge in [0.15, 0.2) is 0 Å². The third-order valence-corrected chi connectivity index (χ3v) is 4.22. The Kier molecular flexibility index (Phi) is 4.58. The Balaban J connectivity index is 0.00000180. The van der Waals surface area contributed by atoms with Gasteiger partial charge in [0.25, 0.3) is 20.2 Å². The number of hydrogen-bond acceptors (Lipinski definition) is 4. The molecule has 0 fully saturated rings. The molecule has 0 aliphatic rings. The maximum absolute atomic E-state index is 11.2. The molecule has 0 aromatic heterocycles. The minimum Gasteiger partial charge on any atom is -0.282 e. The zero-order valence-electron chi connectivity index (χ0n) is 9.11. The largest absolute Gasteiger partial charge is 0.295 e. The summed E-state index contributed by atoms with van der Waals surface area (Å²) in [6.07, 6.45) is 0.